The zero-order valence-corrected chi connectivity index (χ0v) is 19.2. The molecule has 1 aliphatic rings. The van der Waals surface area contributed by atoms with Gasteiger partial charge in [0.2, 0.25) is 0 Å². The van der Waals surface area contributed by atoms with Crippen LogP contribution >= 0.6 is 11.6 Å². The summed E-state index contributed by atoms with van der Waals surface area (Å²) in [5.41, 5.74) is 3.30. The maximum Gasteiger partial charge on any atom is 0.319 e. The van der Waals surface area contributed by atoms with Crippen molar-refractivity contribution in [3.05, 3.63) is 70.8 Å². The van der Waals surface area contributed by atoms with Gasteiger partial charge in [0, 0.05) is 18.8 Å². The smallest absolute Gasteiger partial charge is 0.319 e. The molecule has 0 atom stereocenters. The summed E-state index contributed by atoms with van der Waals surface area (Å²) in [4.78, 5) is 27.4. The number of nitrogens with zero attached hydrogens (tertiary/aromatic N) is 1. The molecule has 2 N–H and O–H groups in total. The molecule has 31 heavy (non-hydrogen) atoms. The van der Waals surface area contributed by atoms with E-state index >= 15 is 0 Å². The molecule has 0 unspecified atom stereocenters. The first kappa shape index (κ1) is 22.9. The molecule has 0 saturated carbocycles. The lowest BCUT2D eigenvalue weighted by Gasteiger charge is -2.28. The normalized spacial score (nSPS) is 14.1. The Labute approximate surface area is 189 Å². The van der Waals surface area contributed by atoms with Crippen molar-refractivity contribution < 1.29 is 9.59 Å². The van der Waals surface area contributed by atoms with Crippen LogP contribution in [0.15, 0.2) is 49.0 Å². The number of benzene rings is 2. The Morgan fingerprint density at radius 3 is 2.45 bits per heavy atom. The highest BCUT2D eigenvalue weighted by molar-refractivity contribution is 6.34. The fraction of sp³-hybridized carbons (Fsp3) is 0.360. The number of allylic oxidation sites excluding steroid dienone is 1. The van der Waals surface area contributed by atoms with Crippen LogP contribution in [-0.2, 0) is 5.54 Å². The number of hydrogen-bond donors (Lipinski definition) is 2. The predicted molar refractivity (Wildman–Crippen MR) is 128 cm³/mol. The molecule has 0 bridgehead atoms. The molecule has 1 saturated heterocycles. The maximum absolute atomic E-state index is 12.9. The number of carbonyl (C=O) groups excluding carboxylic acids is 2. The molecule has 1 fully saturated rings. The van der Waals surface area contributed by atoms with Crippen molar-refractivity contribution in [3.63, 3.8) is 0 Å². The molecule has 0 aromatic heterocycles. The molecule has 2 aromatic rings. The summed E-state index contributed by atoms with van der Waals surface area (Å²) in [6, 6.07) is 12.6. The lowest BCUT2D eigenvalue weighted by atomic mass is 9.92. The van der Waals surface area contributed by atoms with Crippen molar-refractivity contribution >= 4 is 34.8 Å². The van der Waals surface area contributed by atoms with Crippen LogP contribution in [0.2, 0.25) is 5.02 Å². The lowest BCUT2D eigenvalue weighted by Crippen LogP contribution is -2.43. The minimum absolute atomic E-state index is 0.0919. The van der Waals surface area contributed by atoms with Gasteiger partial charge >= 0.3 is 6.03 Å². The van der Waals surface area contributed by atoms with Crippen molar-refractivity contribution in [2.24, 2.45) is 0 Å². The Kier molecular flexibility index (Phi) is 7.06. The highest BCUT2D eigenvalue weighted by Gasteiger charge is 2.24. The molecule has 0 radical (unpaired) electrons. The van der Waals surface area contributed by atoms with Crippen molar-refractivity contribution in [2.75, 3.05) is 18.4 Å². The monoisotopic (exact) mass is 439 g/mol. The summed E-state index contributed by atoms with van der Waals surface area (Å²) in [7, 11) is 0. The van der Waals surface area contributed by atoms with Crippen LogP contribution in [0.3, 0.4) is 0 Å². The number of anilines is 1. The summed E-state index contributed by atoms with van der Waals surface area (Å²) in [5.74, 6) is -0.0919. The van der Waals surface area contributed by atoms with E-state index in [1.54, 1.807) is 18.2 Å². The van der Waals surface area contributed by atoms with Crippen LogP contribution in [0, 0.1) is 0 Å². The second-order valence-corrected chi connectivity index (χ2v) is 9.02. The number of rotatable bonds is 5. The van der Waals surface area contributed by atoms with Crippen molar-refractivity contribution in [1.82, 2.24) is 10.2 Å². The van der Waals surface area contributed by atoms with Gasteiger partial charge in [-0.05, 0) is 75.4 Å². The van der Waals surface area contributed by atoms with E-state index in [9.17, 15) is 9.59 Å². The first-order chi connectivity index (χ1) is 14.7. The summed E-state index contributed by atoms with van der Waals surface area (Å²) >= 11 is 6.29. The van der Waals surface area contributed by atoms with Crippen LogP contribution in [0.4, 0.5) is 10.5 Å². The van der Waals surface area contributed by atoms with E-state index in [0.29, 0.717) is 16.3 Å². The Hall–Kier alpha value is -2.79. The molecular formula is C25H30ClN3O2. The number of urea groups is 1. The largest absolute Gasteiger partial charge is 0.339 e. The van der Waals surface area contributed by atoms with E-state index < -0.39 is 5.54 Å². The van der Waals surface area contributed by atoms with Crippen LogP contribution in [0.1, 0.15) is 61.5 Å². The summed E-state index contributed by atoms with van der Waals surface area (Å²) < 4.78 is 0. The van der Waals surface area contributed by atoms with Crippen LogP contribution in [-0.4, -0.2) is 29.9 Å². The predicted octanol–water partition coefficient (Wildman–Crippen LogP) is 6.06. The molecule has 6 heteroatoms. The van der Waals surface area contributed by atoms with E-state index in [1.165, 1.54) is 0 Å². The van der Waals surface area contributed by atoms with Gasteiger partial charge in [0.25, 0.3) is 5.91 Å². The van der Waals surface area contributed by atoms with E-state index in [4.69, 9.17) is 11.6 Å². The Morgan fingerprint density at radius 1 is 1.06 bits per heavy atom. The number of amides is 3. The third-order valence-corrected chi connectivity index (χ3v) is 5.93. The number of likely N-dealkylation sites (tertiary alicyclic amines) is 1. The fourth-order valence-electron chi connectivity index (χ4n) is 3.73. The molecule has 0 aliphatic carbocycles. The van der Waals surface area contributed by atoms with Crippen molar-refractivity contribution in [3.8, 4) is 0 Å². The highest BCUT2D eigenvalue weighted by Crippen LogP contribution is 2.26. The summed E-state index contributed by atoms with van der Waals surface area (Å²) in [6.45, 7) is 11.3. The van der Waals surface area contributed by atoms with Gasteiger partial charge in [-0.15, -0.1) is 0 Å². The Bertz CT molecular complexity index is 994. The number of piperidine rings is 1. The van der Waals surface area contributed by atoms with Gasteiger partial charge in [0.05, 0.1) is 16.1 Å². The molecule has 5 nitrogen and oxygen atoms in total. The van der Waals surface area contributed by atoms with Crippen LogP contribution < -0.4 is 10.6 Å². The molecular weight excluding hydrogens is 410 g/mol. The van der Waals surface area contributed by atoms with E-state index in [0.717, 1.165) is 49.1 Å². The molecule has 1 aliphatic heterocycles. The molecule has 3 amide bonds. The zero-order chi connectivity index (χ0) is 22.6. The van der Waals surface area contributed by atoms with Gasteiger partial charge in [0.15, 0.2) is 0 Å². The van der Waals surface area contributed by atoms with Gasteiger partial charge < -0.3 is 15.5 Å². The van der Waals surface area contributed by atoms with Gasteiger partial charge in [-0.2, -0.15) is 0 Å². The SMILES string of the molecule is C=C(C)c1cccc(C(C)(C)NC(=O)Nc2ccc(Cl)c(C(=O)N3CCCCC3)c2)c1. The summed E-state index contributed by atoms with van der Waals surface area (Å²) in [5, 5.41) is 6.23. The van der Waals surface area contributed by atoms with E-state index in [1.807, 2.05) is 49.9 Å². The maximum atomic E-state index is 12.9. The third-order valence-electron chi connectivity index (χ3n) is 5.60. The van der Waals surface area contributed by atoms with Crippen molar-refractivity contribution in [2.45, 2.75) is 45.6 Å². The lowest BCUT2D eigenvalue weighted by molar-refractivity contribution is 0.0724. The first-order valence-corrected chi connectivity index (χ1v) is 11.0. The van der Waals surface area contributed by atoms with Crippen LogP contribution in [0.5, 0.6) is 0 Å². The summed E-state index contributed by atoms with van der Waals surface area (Å²) in [6.07, 6.45) is 3.15. The molecule has 1 heterocycles. The third kappa shape index (κ3) is 5.67. The number of nitrogens with one attached hydrogen (secondary N) is 2. The average Bonchev–Trinajstić information content (AvgIpc) is 2.75. The second-order valence-electron chi connectivity index (χ2n) is 8.61. The Morgan fingerprint density at radius 2 is 1.77 bits per heavy atom. The minimum Gasteiger partial charge on any atom is -0.339 e. The van der Waals surface area contributed by atoms with Gasteiger partial charge in [-0.1, -0.05) is 42.0 Å². The van der Waals surface area contributed by atoms with Gasteiger partial charge in [-0.3, -0.25) is 4.79 Å². The van der Waals surface area contributed by atoms with E-state index in [-0.39, 0.29) is 11.9 Å². The Balaban J connectivity index is 1.72. The van der Waals surface area contributed by atoms with E-state index in [2.05, 4.69) is 17.2 Å². The number of halogens is 1. The second kappa shape index (κ2) is 9.56. The molecule has 0 spiro atoms. The van der Waals surface area contributed by atoms with Gasteiger partial charge in [-0.25, -0.2) is 4.79 Å². The van der Waals surface area contributed by atoms with Crippen LogP contribution in [0.25, 0.3) is 5.57 Å². The topological polar surface area (TPSA) is 61.4 Å². The number of hydrogen-bond acceptors (Lipinski definition) is 2. The van der Waals surface area contributed by atoms with Crippen molar-refractivity contribution in [1.29, 1.82) is 0 Å². The standard InChI is InChI=1S/C25H30ClN3O2/c1-17(2)18-9-8-10-19(15-18)25(3,4)28-24(31)27-20-11-12-22(26)21(16-20)23(30)29-13-6-5-7-14-29/h8-12,15-16H,1,5-7,13-14H2,2-4H3,(H2,27,28,31). The fourth-order valence-corrected chi connectivity index (χ4v) is 3.92. The number of carbonyl (C=O) groups is 2. The quantitative estimate of drug-likeness (QED) is 0.595. The molecule has 3 rings (SSSR count). The van der Waals surface area contributed by atoms with Gasteiger partial charge in [0.1, 0.15) is 0 Å². The first-order valence-electron chi connectivity index (χ1n) is 10.6. The molecule has 2 aromatic carbocycles. The highest BCUT2D eigenvalue weighted by atomic mass is 35.5. The minimum atomic E-state index is -0.603. The average molecular weight is 440 g/mol. The molecule has 164 valence electrons. The zero-order valence-electron chi connectivity index (χ0n) is 18.4.